The summed E-state index contributed by atoms with van der Waals surface area (Å²) in [6.45, 7) is 3.33. The molecule has 0 saturated carbocycles. The van der Waals surface area contributed by atoms with Crippen LogP contribution in [0.3, 0.4) is 0 Å². The minimum absolute atomic E-state index is 0.0658. The molecule has 0 bridgehead atoms. The van der Waals surface area contributed by atoms with Gasteiger partial charge >= 0.3 is 5.97 Å². The van der Waals surface area contributed by atoms with Gasteiger partial charge in [-0.15, -0.1) is 6.42 Å². The Morgan fingerprint density at radius 1 is 1.56 bits per heavy atom. The van der Waals surface area contributed by atoms with E-state index in [0.29, 0.717) is 0 Å². The van der Waals surface area contributed by atoms with Gasteiger partial charge in [-0.05, 0) is 19.9 Å². The smallest absolute Gasteiger partial charge is 0.337 e. The maximum atomic E-state index is 11.0. The van der Waals surface area contributed by atoms with Crippen molar-refractivity contribution in [2.24, 2.45) is 0 Å². The maximum Gasteiger partial charge on any atom is 0.337 e. The van der Waals surface area contributed by atoms with Crippen molar-refractivity contribution in [2.75, 3.05) is 5.32 Å². The molecule has 1 aromatic rings. The largest absolute Gasteiger partial charge is 0.478 e. The second kappa shape index (κ2) is 4.75. The van der Waals surface area contributed by atoms with Crippen molar-refractivity contribution in [1.82, 2.24) is 0 Å². The zero-order chi connectivity index (χ0) is 13.9. The molecule has 6 heteroatoms. The number of anilines is 1. The second-order valence-corrected chi connectivity index (χ2v) is 4.19. The number of rotatable bonds is 4. The molecule has 0 aliphatic heterocycles. The lowest BCUT2D eigenvalue weighted by Crippen LogP contribution is -2.29. The molecule has 2 N–H and O–H groups in total. The summed E-state index contributed by atoms with van der Waals surface area (Å²) in [6, 6.07) is 3.47. The van der Waals surface area contributed by atoms with Gasteiger partial charge in [0.05, 0.1) is 21.7 Å². The molecule has 0 heterocycles. The third-order valence-corrected chi connectivity index (χ3v) is 2.25. The maximum absolute atomic E-state index is 11.0. The normalized spacial score (nSPS) is 10.5. The number of hydrogen-bond acceptors (Lipinski definition) is 4. The van der Waals surface area contributed by atoms with Gasteiger partial charge in [-0.25, -0.2) is 4.79 Å². The molecular formula is C12H12N2O4. The van der Waals surface area contributed by atoms with E-state index in [0.717, 1.165) is 12.1 Å². The van der Waals surface area contributed by atoms with E-state index in [4.69, 9.17) is 11.5 Å². The highest BCUT2D eigenvalue weighted by Gasteiger charge is 2.20. The van der Waals surface area contributed by atoms with E-state index in [1.165, 1.54) is 6.07 Å². The first kappa shape index (κ1) is 13.5. The topological polar surface area (TPSA) is 92.5 Å². The molecule has 0 radical (unpaired) electrons. The van der Waals surface area contributed by atoms with E-state index >= 15 is 0 Å². The van der Waals surface area contributed by atoms with Crippen molar-refractivity contribution in [3.8, 4) is 12.3 Å². The quantitative estimate of drug-likeness (QED) is 0.483. The number of terminal acetylenes is 1. The molecule has 1 aromatic carbocycles. The van der Waals surface area contributed by atoms with Crippen molar-refractivity contribution in [3.05, 3.63) is 33.9 Å². The summed E-state index contributed by atoms with van der Waals surface area (Å²) < 4.78 is 0. The minimum Gasteiger partial charge on any atom is -0.478 e. The molecule has 6 nitrogen and oxygen atoms in total. The number of nitro benzene ring substituents is 1. The van der Waals surface area contributed by atoms with Crippen molar-refractivity contribution in [2.45, 2.75) is 19.4 Å². The van der Waals surface area contributed by atoms with E-state index in [1.807, 2.05) is 0 Å². The van der Waals surface area contributed by atoms with Gasteiger partial charge in [-0.1, -0.05) is 5.92 Å². The lowest BCUT2D eigenvalue weighted by molar-refractivity contribution is -0.384. The van der Waals surface area contributed by atoms with Crippen molar-refractivity contribution in [3.63, 3.8) is 0 Å². The number of carbonyl (C=O) groups is 1. The monoisotopic (exact) mass is 248 g/mol. The lowest BCUT2D eigenvalue weighted by Gasteiger charge is -2.22. The van der Waals surface area contributed by atoms with Crippen LogP contribution in [0.2, 0.25) is 0 Å². The van der Waals surface area contributed by atoms with Crippen LogP contribution in [-0.2, 0) is 0 Å². The summed E-state index contributed by atoms with van der Waals surface area (Å²) in [5.74, 6) is 1.25. The number of carboxylic acids is 1. The molecule has 0 saturated heterocycles. The molecular weight excluding hydrogens is 236 g/mol. The first-order valence-electron chi connectivity index (χ1n) is 5.04. The summed E-state index contributed by atoms with van der Waals surface area (Å²) >= 11 is 0. The van der Waals surface area contributed by atoms with Crippen molar-refractivity contribution < 1.29 is 14.8 Å². The van der Waals surface area contributed by atoms with Crippen LogP contribution in [0, 0.1) is 22.5 Å². The summed E-state index contributed by atoms with van der Waals surface area (Å²) in [5.41, 5.74) is -0.946. The standard InChI is InChI=1S/C12H12N2O4/c1-4-12(2,3)13-10-7-8(14(17)18)5-6-9(10)11(15)16/h1,5-7,13H,2-3H3,(H,15,16). The molecule has 0 spiro atoms. The first-order valence-corrected chi connectivity index (χ1v) is 5.04. The van der Waals surface area contributed by atoms with Gasteiger partial charge in [0.2, 0.25) is 0 Å². The van der Waals surface area contributed by atoms with Gasteiger partial charge < -0.3 is 10.4 Å². The van der Waals surface area contributed by atoms with Crippen LogP contribution < -0.4 is 5.32 Å². The third-order valence-electron chi connectivity index (χ3n) is 2.25. The predicted octanol–water partition coefficient (Wildman–Crippen LogP) is 2.12. The number of aromatic carboxylic acids is 1. The van der Waals surface area contributed by atoms with Gasteiger partial charge in [0.15, 0.2) is 0 Å². The Hall–Kier alpha value is -2.55. The Balaban J connectivity index is 3.29. The van der Waals surface area contributed by atoms with E-state index in [9.17, 15) is 14.9 Å². The van der Waals surface area contributed by atoms with Crippen molar-refractivity contribution in [1.29, 1.82) is 0 Å². The van der Waals surface area contributed by atoms with Crippen LogP contribution in [0.5, 0.6) is 0 Å². The fourth-order valence-electron chi connectivity index (χ4n) is 1.31. The zero-order valence-electron chi connectivity index (χ0n) is 9.93. The summed E-state index contributed by atoms with van der Waals surface area (Å²) in [7, 11) is 0. The van der Waals surface area contributed by atoms with Crippen LogP contribution in [-0.4, -0.2) is 21.5 Å². The van der Waals surface area contributed by atoms with Crippen LogP contribution in [0.15, 0.2) is 18.2 Å². The highest BCUT2D eigenvalue weighted by molar-refractivity contribution is 5.95. The molecule has 1 rings (SSSR count). The van der Waals surface area contributed by atoms with Gasteiger partial charge in [0, 0.05) is 12.1 Å². The molecule has 94 valence electrons. The van der Waals surface area contributed by atoms with E-state index in [1.54, 1.807) is 13.8 Å². The summed E-state index contributed by atoms with van der Waals surface area (Å²) in [6.07, 6.45) is 5.28. The Morgan fingerprint density at radius 3 is 2.61 bits per heavy atom. The van der Waals surface area contributed by atoms with E-state index in [-0.39, 0.29) is 16.9 Å². The van der Waals surface area contributed by atoms with Gasteiger partial charge in [-0.2, -0.15) is 0 Å². The fraction of sp³-hybridized carbons (Fsp3) is 0.250. The summed E-state index contributed by atoms with van der Waals surface area (Å²) in [4.78, 5) is 21.1. The zero-order valence-corrected chi connectivity index (χ0v) is 9.93. The molecule has 0 fully saturated rings. The average molecular weight is 248 g/mol. The van der Waals surface area contributed by atoms with Crippen molar-refractivity contribution >= 4 is 17.3 Å². The molecule has 0 amide bonds. The van der Waals surface area contributed by atoms with Crippen LogP contribution in [0.4, 0.5) is 11.4 Å². The lowest BCUT2D eigenvalue weighted by atomic mass is 10.0. The number of non-ortho nitro benzene ring substituents is 1. The molecule has 0 atom stereocenters. The Morgan fingerprint density at radius 2 is 2.17 bits per heavy atom. The molecule has 0 unspecified atom stereocenters. The van der Waals surface area contributed by atoms with E-state index < -0.39 is 16.4 Å². The number of carboxylic acid groups (broad SMARTS) is 1. The number of nitro groups is 1. The van der Waals surface area contributed by atoms with Crippen LogP contribution >= 0.6 is 0 Å². The molecule has 18 heavy (non-hydrogen) atoms. The average Bonchev–Trinajstić information content (AvgIpc) is 2.28. The first-order chi connectivity index (χ1) is 8.26. The predicted molar refractivity (Wildman–Crippen MR) is 66.6 cm³/mol. The van der Waals surface area contributed by atoms with Gasteiger partial charge in [0.1, 0.15) is 0 Å². The summed E-state index contributed by atoms with van der Waals surface area (Å²) in [5, 5.41) is 22.5. The SMILES string of the molecule is C#CC(C)(C)Nc1cc([N+](=O)[O-])ccc1C(=O)O. The minimum atomic E-state index is -1.18. The molecule has 0 aromatic heterocycles. The van der Waals surface area contributed by atoms with Crippen LogP contribution in [0.1, 0.15) is 24.2 Å². The van der Waals surface area contributed by atoms with E-state index in [2.05, 4.69) is 11.2 Å². The highest BCUT2D eigenvalue weighted by Crippen LogP contribution is 2.25. The number of hydrogen-bond donors (Lipinski definition) is 2. The molecule has 0 aliphatic carbocycles. The van der Waals surface area contributed by atoms with Gasteiger partial charge in [-0.3, -0.25) is 10.1 Å². The Labute approximate surface area is 104 Å². The van der Waals surface area contributed by atoms with Gasteiger partial charge in [0.25, 0.3) is 5.69 Å². The third kappa shape index (κ3) is 2.98. The molecule has 0 aliphatic rings. The second-order valence-electron chi connectivity index (χ2n) is 4.19. The Kier molecular flexibility index (Phi) is 3.57. The fourth-order valence-corrected chi connectivity index (χ4v) is 1.31. The van der Waals surface area contributed by atoms with Crippen LogP contribution in [0.25, 0.3) is 0 Å². The number of benzene rings is 1. The number of nitrogens with one attached hydrogen (secondary N) is 1. The number of nitrogens with zero attached hydrogens (tertiary/aromatic N) is 1. The Bertz CT molecular complexity index is 543. The highest BCUT2D eigenvalue weighted by atomic mass is 16.6.